The average molecular weight is 414 g/mol. The predicted octanol–water partition coefficient (Wildman–Crippen LogP) is 2.50. The van der Waals surface area contributed by atoms with Crippen molar-refractivity contribution >= 4 is 39.2 Å². The van der Waals surface area contributed by atoms with Gasteiger partial charge in [-0.2, -0.15) is 0 Å². The summed E-state index contributed by atoms with van der Waals surface area (Å²) in [5.41, 5.74) is 3.49. The molecule has 9 heteroatoms. The fourth-order valence-corrected chi connectivity index (χ4v) is 4.33. The van der Waals surface area contributed by atoms with Gasteiger partial charge in [0.1, 0.15) is 11.6 Å². The summed E-state index contributed by atoms with van der Waals surface area (Å²) in [6.45, 7) is 3.45. The van der Waals surface area contributed by atoms with Gasteiger partial charge in [-0.05, 0) is 31.0 Å². The molecule has 0 unspecified atom stereocenters. The molecule has 2 amide bonds. The number of anilines is 1. The van der Waals surface area contributed by atoms with Gasteiger partial charge in [0.25, 0.3) is 0 Å². The second-order valence-corrected chi connectivity index (χ2v) is 8.34. The second kappa shape index (κ2) is 8.30. The van der Waals surface area contributed by atoms with Crippen LogP contribution in [-0.4, -0.2) is 52.1 Å². The van der Waals surface area contributed by atoms with Crippen LogP contribution in [0.3, 0.4) is 0 Å². The minimum absolute atomic E-state index is 0.0125. The van der Waals surface area contributed by atoms with E-state index in [1.165, 1.54) is 27.8 Å². The number of nitrogens with zero attached hydrogens (tertiary/aromatic N) is 3. The van der Waals surface area contributed by atoms with E-state index in [0.717, 1.165) is 11.9 Å². The third-order valence-corrected chi connectivity index (χ3v) is 5.94. The first-order valence-electron chi connectivity index (χ1n) is 9.50. The molecule has 2 aromatic heterocycles. The number of methoxy groups -OCH3 is 1. The van der Waals surface area contributed by atoms with Crippen molar-refractivity contribution in [3.05, 3.63) is 40.5 Å². The molecule has 0 aliphatic carbocycles. The van der Waals surface area contributed by atoms with Crippen molar-refractivity contribution in [3.63, 3.8) is 0 Å². The SMILES string of the molecule is COCc1nnc(NC(=O)[C@@H]2CC(=O)N(CCc3c[nH]c4ccc(C)cc34)C2)s1. The molecule has 1 saturated heterocycles. The van der Waals surface area contributed by atoms with E-state index in [-0.39, 0.29) is 24.2 Å². The van der Waals surface area contributed by atoms with Crippen LogP contribution in [0.2, 0.25) is 0 Å². The molecule has 1 atom stereocenters. The molecule has 1 aromatic carbocycles. The monoisotopic (exact) mass is 413 g/mol. The fourth-order valence-electron chi connectivity index (χ4n) is 3.61. The second-order valence-electron chi connectivity index (χ2n) is 7.28. The van der Waals surface area contributed by atoms with E-state index in [4.69, 9.17) is 4.74 Å². The number of fused-ring (bicyclic) bond motifs is 1. The molecule has 0 radical (unpaired) electrons. The van der Waals surface area contributed by atoms with Gasteiger partial charge in [-0.25, -0.2) is 0 Å². The van der Waals surface area contributed by atoms with Gasteiger partial charge < -0.3 is 19.9 Å². The van der Waals surface area contributed by atoms with E-state index in [0.29, 0.717) is 29.8 Å². The number of hydrogen-bond donors (Lipinski definition) is 2. The number of amides is 2. The fraction of sp³-hybridized carbons (Fsp3) is 0.400. The van der Waals surface area contributed by atoms with E-state index in [1.54, 1.807) is 12.0 Å². The van der Waals surface area contributed by atoms with E-state index >= 15 is 0 Å². The Balaban J connectivity index is 1.34. The summed E-state index contributed by atoms with van der Waals surface area (Å²) in [4.78, 5) is 30.0. The standard InChI is InChI=1S/C20H23N5O3S/c1-12-3-4-16-15(7-12)13(9-21-16)5-6-25-10-14(8-18(25)26)19(27)22-20-24-23-17(29-20)11-28-2/h3-4,7,9,14,21H,5-6,8,10-11H2,1-2H3,(H,22,24,27)/t14-/m1/s1. The zero-order valence-corrected chi connectivity index (χ0v) is 17.2. The zero-order valence-electron chi connectivity index (χ0n) is 16.4. The van der Waals surface area contributed by atoms with Crippen LogP contribution in [0.15, 0.2) is 24.4 Å². The van der Waals surface area contributed by atoms with Crippen molar-refractivity contribution in [3.8, 4) is 0 Å². The predicted molar refractivity (Wildman–Crippen MR) is 111 cm³/mol. The Hall–Kier alpha value is -2.78. The third kappa shape index (κ3) is 4.30. The summed E-state index contributed by atoms with van der Waals surface area (Å²) >= 11 is 1.28. The zero-order chi connectivity index (χ0) is 20.4. The normalized spacial score (nSPS) is 16.7. The molecule has 29 heavy (non-hydrogen) atoms. The Morgan fingerprint density at radius 2 is 2.28 bits per heavy atom. The number of carbonyl (C=O) groups is 2. The number of aromatic amines is 1. The molecule has 0 spiro atoms. The molecule has 1 aliphatic heterocycles. The van der Waals surface area contributed by atoms with Gasteiger partial charge in [-0.15, -0.1) is 10.2 Å². The molecule has 3 heterocycles. The van der Waals surface area contributed by atoms with E-state index < -0.39 is 0 Å². The molecule has 2 N–H and O–H groups in total. The van der Waals surface area contributed by atoms with E-state index in [2.05, 4.69) is 45.6 Å². The highest BCUT2D eigenvalue weighted by atomic mass is 32.1. The van der Waals surface area contributed by atoms with Crippen molar-refractivity contribution in [2.24, 2.45) is 5.92 Å². The number of benzene rings is 1. The number of carbonyl (C=O) groups excluding carboxylic acids is 2. The Labute approximate surface area is 172 Å². The molecular weight excluding hydrogens is 390 g/mol. The Morgan fingerprint density at radius 3 is 3.10 bits per heavy atom. The highest BCUT2D eigenvalue weighted by Gasteiger charge is 2.34. The number of ether oxygens (including phenoxy) is 1. The van der Waals surface area contributed by atoms with E-state index in [1.807, 2.05) is 6.20 Å². The molecular formula is C20H23N5O3S. The van der Waals surface area contributed by atoms with Gasteiger partial charge >= 0.3 is 0 Å². The Bertz CT molecular complexity index is 1040. The van der Waals surface area contributed by atoms with Crippen LogP contribution in [0, 0.1) is 12.8 Å². The van der Waals surface area contributed by atoms with Crippen LogP contribution in [0.1, 0.15) is 22.6 Å². The summed E-state index contributed by atoms with van der Waals surface area (Å²) < 4.78 is 5.01. The Kier molecular flexibility index (Phi) is 5.59. The molecule has 4 rings (SSSR count). The first kappa shape index (κ1) is 19.5. The smallest absolute Gasteiger partial charge is 0.231 e. The van der Waals surface area contributed by atoms with Crippen LogP contribution in [0.5, 0.6) is 0 Å². The lowest BCUT2D eigenvalue weighted by atomic mass is 10.1. The van der Waals surface area contributed by atoms with Crippen LogP contribution < -0.4 is 5.32 Å². The molecule has 3 aromatic rings. The van der Waals surface area contributed by atoms with Crippen LogP contribution in [-0.2, 0) is 27.4 Å². The largest absolute Gasteiger partial charge is 0.377 e. The van der Waals surface area contributed by atoms with Gasteiger partial charge in [0.15, 0.2) is 0 Å². The first-order valence-corrected chi connectivity index (χ1v) is 10.3. The lowest BCUT2D eigenvalue weighted by Crippen LogP contribution is -2.30. The molecule has 8 nitrogen and oxygen atoms in total. The maximum absolute atomic E-state index is 12.5. The van der Waals surface area contributed by atoms with Gasteiger partial charge in [-0.3, -0.25) is 9.59 Å². The van der Waals surface area contributed by atoms with Crippen molar-refractivity contribution in [1.29, 1.82) is 0 Å². The van der Waals surface area contributed by atoms with Gasteiger partial charge in [0, 0.05) is 43.7 Å². The molecule has 1 aliphatic rings. The highest BCUT2D eigenvalue weighted by Crippen LogP contribution is 2.24. The lowest BCUT2D eigenvalue weighted by molar-refractivity contribution is -0.128. The van der Waals surface area contributed by atoms with Crippen LogP contribution in [0.4, 0.5) is 5.13 Å². The first-order chi connectivity index (χ1) is 14.0. The summed E-state index contributed by atoms with van der Waals surface area (Å²) in [6.07, 6.45) is 2.98. The molecule has 1 fully saturated rings. The minimum Gasteiger partial charge on any atom is -0.377 e. The topological polar surface area (TPSA) is 100 Å². The highest BCUT2D eigenvalue weighted by molar-refractivity contribution is 7.15. The van der Waals surface area contributed by atoms with Crippen LogP contribution in [0.25, 0.3) is 10.9 Å². The number of rotatable bonds is 7. The maximum Gasteiger partial charge on any atom is 0.231 e. The van der Waals surface area contributed by atoms with Crippen molar-refractivity contribution in [1.82, 2.24) is 20.1 Å². The molecule has 152 valence electrons. The summed E-state index contributed by atoms with van der Waals surface area (Å²) in [7, 11) is 1.58. The number of nitrogens with one attached hydrogen (secondary N) is 2. The average Bonchev–Trinajstić information content (AvgIpc) is 3.39. The number of likely N-dealkylation sites (tertiary alicyclic amines) is 1. The van der Waals surface area contributed by atoms with E-state index in [9.17, 15) is 9.59 Å². The maximum atomic E-state index is 12.5. The van der Waals surface area contributed by atoms with Crippen LogP contribution >= 0.6 is 11.3 Å². The van der Waals surface area contributed by atoms with Gasteiger partial charge in [0.2, 0.25) is 16.9 Å². The molecule has 0 bridgehead atoms. The summed E-state index contributed by atoms with van der Waals surface area (Å²) in [5.74, 6) is -0.551. The van der Waals surface area contributed by atoms with Crippen molar-refractivity contribution in [2.75, 3.05) is 25.5 Å². The lowest BCUT2D eigenvalue weighted by Gasteiger charge is -2.16. The number of hydrogen-bond acceptors (Lipinski definition) is 6. The Morgan fingerprint density at radius 1 is 1.41 bits per heavy atom. The third-order valence-electron chi connectivity index (χ3n) is 5.12. The summed E-state index contributed by atoms with van der Waals surface area (Å²) in [6, 6.07) is 6.30. The number of aromatic nitrogens is 3. The number of H-pyrrole nitrogens is 1. The molecule has 0 saturated carbocycles. The number of aryl methyl sites for hydroxylation is 1. The minimum atomic E-state index is -0.373. The van der Waals surface area contributed by atoms with Gasteiger partial charge in [0.05, 0.1) is 5.92 Å². The van der Waals surface area contributed by atoms with Gasteiger partial charge in [-0.1, -0.05) is 23.0 Å². The quantitative estimate of drug-likeness (QED) is 0.620. The van der Waals surface area contributed by atoms with Crippen molar-refractivity contribution < 1.29 is 14.3 Å². The van der Waals surface area contributed by atoms with Crippen molar-refractivity contribution in [2.45, 2.75) is 26.4 Å². The summed E-state index contributed by atoms with van der Waals surface area (Å²) in [5, 5.41) is 13.0.